The van der Waals surface area contributed by atoms with Gasteiger partial charge < -0.3 is 0 Å². The van der Waals surface area contributed by atoms with Gasteiger partial charge in [0, 0.05) is 0 Å². The molecule has 0 amide bonds. The second-order valence-corrected chi connectivity index (χ2v) is 1.42. The molecule has 0 bridgehead atoms. The Balaban J connectivity index is 3.13. The first-order chi connectivity index (χ1) is 3.91. The third-order valence-electron chi connectivity index (χ3n) is 0.708. The third-order valence-corrected chi connectivity index (χ3v) is 0.708. The lowest BCUT2D eigenvalue weighted by molar-refractivity contribution is 0.562. The summed E-state index contributed by atoms with van der Waals surface area (Å²) in [5.74, 6) is 0. The zero-order valence-corrected chi connectivity index (χ0v) is 5.10. The number of allylic oxidation sites excluding steroid dienone is 4. The molecule has 8 heavy (non-hydrogen) atoms. The van der Waals surface area contributed by atoms with Crippen molar-refractivity contribution in [3.05, 3.63) is 24.3 Å². The summed E-state index contributed by atoms with van der Waals surface area (Å²) in [4.78, 5) is 0. The smallest absolute Gasteiger partial charge is 0.108 e. The van der Waals surface area contributed by atoms with Crippen LogP contribution in [0.3, 0.4) is 0 Å². The normalized spacial score (nSPS) is 11.8. The van der Waals surface area contributed by atoms with E-state index in [4.69, 9.17) is 0 Å². The molecular formula is C7H11F. The minimum absolute atomic E-state index is 0.367. The molecule has 0 fully saturated rings. The van der Waals surface area contributed by atoms with E-state index in [0.717, 1.165) is 6.42 Å². The van der Waals surface area contributed by atoms with Gasteiger partial charge in [-0.05, 0) is 6.42 Å². The molecule has 0 atom stereocenters. The summed E-state index contributed by atoms with van der Waals surface area (Å²) in [6.07, 6.45) is 8.03. The van der Waals surface area contributed by atoms with E-state index in [0.29, 0.717) is 0 Å². The van der Waals surface area contributed by atoms with Crippen molar-refractivity contribution >= 4 is 0 Å². The Morgan fingerprint density at radius 1 is 1.25 bits per heavy atom. The highest BCUT2D eigenvalue weighted by Gasteiger charge is 1.63. The summed E-state index contributed by atoms with van der Waals surface area (Å²) in [5, 5.41) is 0. The van der Waals surface area contributed by atoms with Crippen LogP contribution < -0.4 is 0 Å². The van der Waals surface area contributed by atoms with Gasteiger partial charge in [-0.3, -0.25) is 0 Å². The Kier molecular flexibility index (Phi) is 5.94. The number of hydrogen-bond donors (Lipinski definition) is 0. The van der Waals surface area contributed by atoms with Crippen molar-refractivity contribution in [3.63, 3.8) is 0 Å². The highest BCUT2D eigenvalue weighted by molar-refractivity contribution is 5.01. The van der Waals surface area contributed by atoms with Gasteiger partial charge in [0.25, 0.3) is 0 Å². The maximum atomic E-state index is 11.3. The van der Waals surface area contributed by atoms with Crippen molar-refractivity contribution in [1.82, 2.24) is 0 Å². The monoisotopic (exact) mass is 114 g/mol. The summed E-state index contributed by atoms with van der Waals surface area (Å²) in [7, 11) is 0. The summed E-state index contributed by atoms with van der Waals surface area (Å²) in [6, 6.07) is 0. The molecule has 0 aromatic rings. The van der Waals surface area contributed by atoms with Crippen LogP contribution in [0.25, 0.3) is 0 Å². The van der Waals surface area contributed by atoms with Gasteiger partial charge in [0.15, 0.2) is 0 Å². The molecule has 0 nitrogen and oxygen atoms in total. The lowest BCUT2D eigenvalue weighted by atomic mass is 10.4. The van der Waals surface area contributed by atoms with E-state index >= 15 is 0 Å². The van der Waals surface area contributed by atoms with Crippen molar-refractivity contribution in [2.24, 2.45) is 0 Å². The van der Waals surface area contributed by atoms with E-state index in [1.807, 2.05) is 19.1 Å². The predicted octanol–water partition coefficient (Wildman–Crippen LogP) is 2.48. The first-order valence-electron chi connectivity index (χ1n) is 2.79. The Morgan fingerprint density at radius 3 is 2.38 bits per heavy atom. The van der Waals surface area contributed by atoms with Gasteiger partial charge >= 0.3 is 0 Å². The molecule has 0 aromatic heterocycles. The second-order valence-electron chi connectivity index (χ2n) is 1.42. The minimum Gasteiger partial charge on any atom is -0.247 e. The molecular weight excluding hydrogens is 103 g/mol. The molecule has 1 heteroatoms. The van der Waals surface area contributed by atoms with E-state index in [1.54, 1.807) is 6.08 Å². The highest BCUT2D eigenvalue weighted by Crippen LogP contribution is 1.81. The summed E-state index contributed by atoms with van der Waals surface area (Å²) in [5.41, 5.74) is 0. The van der Waals surface area contributed by atoms with Gasteiger partial charge in [0.1, 0.15) is 6.67 Å². The maximum Gasteiger partial charge on any atom is 0.108 e. The van der Waals surface area contributed by atoms with Gasteiger partial charge in [0.05, 0.1) is 0 Å². The molecule has 0 unspecified atom stereocenters. The predicted molar refractivity (Wildman–Crippen MR) is 34.5 cm³/mol. The van der Waals surface area contributed by atoms with Crippen LogP contribution in [0.4, 0.5) is 4.39 Å². The van der Waals surface area contributed by atoms with Crippen molar-refractivity contribution in [1.29, 1.82) is 0 Å². The van der Waals surface area contributed by atoms with Crippen molar-refractivity contribution in [2.45, 2.75) is 13.3 Å². The lowest BCUT2D eigenvalue weighted by Gasteiger charge is -1.72. The van der Waals surface area contributed by atoms with Crippen LogP contribution in [-0.2, 0) is 0 Å². The van der Waals surface area contributed by atoms with Crippen molar-refractivity contribution in [2.75, 3.05) is 6.67 Å². The quantitative estimate of drug-likeness (QED) is 0.494. The van der Waals surface area contributed by atoms with Crippen molar-refractivity contribution < 1.29 is 4.39 Å². The number of alkyl halides is 1. The third kappa shape index (κ3) is 5.41. The van der Waals surface area contributed by atoms with E-state index in [-0.39, 0.29) is 6.67 Å². The van der Waals surface area contributed by atoms with E-state index < -0.39 is 0 Å². The number of halogens is 1. The summed E-state index contributed by atoms with van der Waals surface area (Å²) >= 11 is 0. The van der Waals surface area contributed by atoms with Crippen LogP contribution in [0.2, 0.25) is 0 Å². The fraction of sp³-hybridized carbons (Fsp3) is 0.429. The molecule has 0 aromatic carbocycles. The standard InChI is InChI=1S/C7H11F/c1-2-3-4-5-6-7-8/h3-6H,2,7H2,1H3/b4-3-,6-5-. The Morgan fingerprint density at radius 2 is 1.88 bits per heavy atom. The number of rotatable bonds is 3. The first-order valence-corrected chi connectivity index (χ1v) is 2.79. The minimum atomic E-state index is -0.367. The van der Waals surface area contributed by atoms with Gasteiger partial charge in [-0.2, -0.15) is 0 Å². The van der Waals surface area contributed by atoms with Crippen LogP contribution in [-0.4, -0.2) is 6.67 Å². The Labute approximate surface area is 49.7 Å². The number of hydrogen-bond acceptors (Lipinski definition) is 0. The van der Waals surface area contributed by atoms with E-state index in [1.165, 1.54) is 6.08 Å². The molecule has 0 spiro atoms. The van der Waals surface area contributed by atoms with Gasteiger partial charge in [-0.1, -0.05) is 31.2 Å². The van der Waals surface area contributed by atoms with Crippen LogP contribution in [0, 0.1) is 0 Å². The fourth-order valence-corrected chi connectivity index (χ4v) is 0.345. The topological polar surface area (TPSA) is 0 Å². The average Bonchev–Trinajstić information content (AvgIpc) is 1.81. The summed E-state index contributed by atoms with van der Waals surface area (Å²) in [6.45, 7) is 1.67. The molecule has 0 heterocycles. The van der Waals surface area contributed by atoms with E-state index in [9.17, 15) is 4.39 Å². The van der Waals surface area contributed by atoms with Crippen LogP contribution in [0.5, 0.6) is 0 Å². The molecule has 0 aliphatic carbocycles. The first kappa shape index (κ1) is 7.41. The van der Waals surface area contributed by atoms with Crippen LogP contribution in [0.15, 0.2) is 24.3 Å². The lowest BCUT2D eigenvalue weighted by Crippen LogP contribution is -1.58. The second kappa shape index (κ2) is 6.41. The molecule has 0 aliphatic heterocycles. The van der Waals surface area contributed by atoms with Crippen LogP contribution >= 0.6 is 0 Å². The molecule has 0 saturated heterocycles. The Hall–Kier alpha value is -0.590. The van der Waals surface area contributed by atoms with Gasteiger partial charge in [0.2, 0.25) is 0 Å². The largest absolute Gasteiger partial charge is 0.247 e. The molecule has 46 valence electrons. The average molecular weight is 114 g/mol. The maximum absolute atomic E-state index is 11.3. The zero-order valence-electron chi connectivity index (χ0n) is 5.10. The molecule has 0 radical (unpaired) electrons. The van der Waals surface area contributed by atoms with Crippen molar-refractivity contribution in [3.8, 4) is 0 Å². The SMILES string of the molecule is CC/C=C\C=C/CF. The van der Waals surface area contributed by atoms with E-state index in [2.05, 4.69) is 0 Å². The van der Waals surface area contributed by atoms with Crippen LogP contribution in [0.1, 0.15) is 13.3 Å². The highest BCUT2D eigenvalue weighted by atomic mass is 19.1. The zero-order chi connectivity index (χ0) is 6.24. The van der Waals surface area contributed by atoms with Gasteiger partial charge in [-0.15, -0.1) is 0 Å². The molecule has 0 saturated carbocycles. The Bertz CT molecular complexity index is 70.4. The molecule has 0 aliphatic rings. The summed E-state index contributed by atoms with van der Waals surface area (Å²) < 4.78 is 11.3. The molecule has 0 rings (SSSR count). The molecule has 0 N–H and O–H groups in total. The van der Waals surface area contributed by atoms with Gasteiger partial charge in [-0.25, -0.2) is 4.39 Å². The fourth-order valence-electron chi connectivity index (χ4n) is 0.345.